The van der Waals surface area contributed by atoms with E-state index in [0.29, 0.717) is 43.3 Å². The van der Waals surface area contributed by atoms with Gasteiger partial charge in [0.2, 0.25) is 0 Å². The third kappa shape index (κ3) is 4.61. The molecule has 1 aliphatic rings. The summed E-state index contributed by atoms with van der Waals surface area (Å²) in [6, 6.07) is 23.7. The van der Waals surface area contributed by atoms with Crippen molar-refractivity contribution in [2.24, 2.45) is 0 Å². The van der Waals surface area contributed by atoms with Crippen molar-refractivity contribution >= 4 is 17.3 Å². The van der Waals surface area contributed by atoms with E-state index in [-0.39, 0.29) is 17.4 Å². The Labute approximate surface area is 201 Å². The molecule has 9 heteroatoms. The SMILES string of the molecule is O=C(c1cc(-c2ccccc2)nn1-c1ccc(F)cc1)N1CCN(c2ccc([N+](=O)[O-])cc2)CC1. The molecule has 0 unspecified atom stereocenters. The summed E-state index contributed by atoms with van der Waals surface area (Å²) in [7, 11) is 0. The lowest BCUT2D eigenvalue weighted by molar-refractivity contribution is -0.384. The van der Waals surface area contributed by atoms with Gasteiger partial charge >= 0.3 is 0 Å². The fourth-order valence-corrected chi connectivity index (χ4v) is 4.18. The second-order valence-electron chi connectivity index (χ2n) is 8.22. The van der Waals surface area contributed by atoms with Gasteiger partial charge in [0.25, 0.3) is 11.6 Å². The van der Waals surface area contributed by atoms with E-state index < -0.39 is 4.92 Å². The Morgan fingerprint density at radius 2 is 1.49 bits per heavy atom. The summed E-state index contributed by atoms with van der Waals surface area (Å²) >= 11 is 0. The molecule has 0 atom stereocenters. The van der Waals surface area contributed by atoms with Crippen LogP contribution in [0.2, 0.25) is 0 Å². The molecule has 1 fully saturated rings. The second kappa shape index (κ2) is 9.38. The number of anilines is 1. The summed E-state index contributed by atoms with van der Waals surface area (Å²) < 4.78 is 15.1. The number of nitrogens with zero attached hydrogens (tertiary/aromatic N) is 5. The zero-order valence-corrected chi connectivity index (χ0v) is 18.8. The number of carbonyl (C=O) groups is 1. The number of hydrogen-bond donors (Lipinski definition) is 0. The van der Waals surface area contributed by atoms with Crippen LogP contribution in [0.1, 0.15) is 10.5 Å². The van der Waals surface area contributed by atoms with E-state index in [1.165, 1.54) is 24.3 Å². The fourth-order valence-electron chi connectivity index (χ4n) is 4.18. The monoisotopic (exact) mass is 471 g/mol. The van der Waals surface area contributed by atoms with Crippen molar-refractivity contribution in [1.82, 2.24) is 14.7 Å². The number of hydrogen-bond acceptors (Lipinski definition) is 5. The molecule has 5 rings (SSSR count). The number of nitro benzene ring substituents is 1. The van der Waals surface area contributed by atoms with Crippen molar-refractivity contribution < 1.29 is 14.1 Å². The van der Waals surface area contributed by atoms with E-state index in [9.17, 15) is 19.3 Å². The van der Waals surface area contributed by atoms with E-state index in [1.807, 2.05) is 30.3 Å². The Morgan fingerprint density at radius 1 is 0.857 bits per heavy atom. The molecule has 1 saturated heterocycles. The number of piperazine rings is 1. The number of nitro groups is 1. The first kappa shape index (κ1) is 22.3. The van der Waals surface area contributed by atoms with Crippen LogP contribution in [-0.2, 0) is 0 Å². The van der Waals surface area contributed by atoms with Gasteiger partial charge in [-0.3, -0.25) is 14.9 Å². The maximum atomic E-state index is 13.6. The number of halogens is 1. The van der Waals surface area contributed by atoms with E-state index in [1.54, 1.807) is 39.9 Å². The lowest BCUT2D eigenvalue weighted by Gasteiger charge is -2.36. The highest BCUT2D eigenvalue weighted by atomic mass is 19.1. The van der Waals surface area contributed by atoms with Gasteiger partial charge in [0, 0.05) is 49.6 Å². The van der Waals surface area contributed by atoms with Gasteiger partial charge in [-0.25, -0.2) is 9.07 Å². The molecule has 0 spiro atoms. The molecule has 1 amide bonds. The molecule has 0 N–H and O–H groups in total. The van der Waals surface area contributed by atoms with Crippen LogP contribution >= 0.6 is 0 Å². The molecule has 0 bridgehead atoms. The number of aromatic nitrogens is 2. The average molecular weight is 471 g/mol. The number of amides is 1. The summed E-state index contributed by atoms with van der Waals surface area (Å²) in [4.78, 5) is 27.9. The van der Waals surface area contributed by atoms with E-state index in [0.717, 1.165) is 11.3 Å². The lowest BCUT2D eigenvalue weighted by Crippen LogP contribution is -2.49. The molecular formula is C26H22FN5O3. The summed E-state index contributed by atoms with van der Waals surface area (Å²) in [6.45, 7) is 2.18. The fraction of sp³-hybridized carbons (Fsp3) is 0.154. The molecular weight excluding hydrogens is 449 g/mol. The first-order valence-electron chi connectivity index (χ1n) is 11.2. The minimum absolute atomic E-state index is 0.0471. The molecule has 35 heavy (non-hydrogen) atoms. The minimum Gasteiger partial charge on any atom is -0.368 e. The standard InChI is InChI=1S/C26H22FN5O3/c27-20-6-8-22(9-7-20)31-25(18-24(28-31)19-4-2-1-3-5-19)26(33)30-16-14-29(15-17-30)21-10-12-23(13-11-21)32(34)35/h1-13,18H,14-17H2. The van der Waals surface area contributed by atoms with Crippen LogP contribution in [0, 0.1) is 15.9 Å². The quantitative estimate of drug-likeness (QED) is 0.315. The Bertz CT molecular complexity index is 1350. The molecule has 0 saturated carbocycles. The third-order valence-electron chi connectivity index (χ3n) is 6.06. The van der Waals surface area contributed by atoms with Crippen LogP contribution in [-0.4, -0.2) is 51.7 Å². The minimum atomic E-state index is -0.422. The van der Waals surface area contributed by atoms with Crippen molar-refractivity contribution in [2.75, 3.05) is 31.1 Å². The topological polar surface area (TPSA) is 84.5 Å². The summed E-state index contributed by atoms with van der Waals surface area (Å²) in [5.41, 5.74) is 3.46. The molecule has 0 aliphatic carbocycles. The largest absolute Gasteiger partial charge is 0.368 e. The maximum absolute atomic E-state index is 13.6. The van der Waals surface area contributed by atoms with E-state index >= 15 is 0 Å². The smallest absolute Gasteiger partial charge is 0.272 e. The summed E-state index contributed by atoms with van der Waals surface area (Å²) in [5, 5.41) is 15.6. The van der Waals surface area contributed by atoms with Crippen LogP contribution in [0.25, 0.3) is 16.9 Å². The Hall–Kier alpha value is -4.53. The van der Waals surface area contributed by atoms with Gasteiger partial charge in [0.15, 0.2) is 0 Å². The maximum Gasteiger partial charge on any atom is 0.272 e. The highest BCUT2D eigenvalue weighted by Gasteiger charge is 2.26. The Morgan fingerprint density at radius 3 is 2.11 bits per heavy atom. The number of rotatable bonds is 5. The van der Waals surface area contributed by atoms with Crippen molar-refractivity contribution in [2.45, 2.75) is 0 Å². The van der Waals surface area contributed by atoms with Crippen molar-refractivity contribution in [3.8, 4) is 16.9 Å². The van der Waals surface area contributed by atoms with Crippen LogP contribution in [0.4, 0.5) is 15.8 Å². The van der Waals surface area contributed by atoms with Crippen LogP contribution < -0.4 is 4.90 Å². The first-order chi connectivity index (χ1) is 17.0. The number of benzene rings is 3. The van der Waals surface area contributed by atoms with Gasteiger partial charge < -0.3 is 9.80 Å². The van der Waals surface area contributed by atoms with Crippen molar-refractivity contribution in [1.29, 1.82) is 0 Å². The summed E-state index contributed by atoms with van der Waals surface area (Å²) in [6.07, 6.45) is 0. The van der Waals surface area contributed by atoms with Crippen LogP contribution in [0.5, 0.6) is 0 Å². The van der Waals surface area contributed by atoms with Gasteiger partial charge in [-0.05, 0) is 42.5 Å². The molecule has 2 heterocycles. The van der Waals surface area contributed by atoms with Gasteiger partial charge in [0.05, 0.1) is 16.3 Å². The highest BCUT2D eigenvalue weighted by molar-refractivity contribution is 5.94. The van der Waals surface area contributed by atoms with Gasteiger partial charge in [-0.1, -0.05) is 30.3 Å². The van der Waals surface area contributed by atoms with Gasteiger partial charge in [-0.15, -0.1) is 0 Å². The molecule has 1 aromatic heterocycles. The van der Waals surface area contributed by atoms with E-state index in [4.69, 9.17) is 0 Å². The lowest BCUT2D eigenvalue weighted by atomic mass is 10.1. The number of non-ortho nitro benzene ring substituents is 1. The zero-order chi connectivity index (χ0) is 24.4. The van der Waals surface area contributed by atoms with Gasteiger partial charge in [-0.2, -0.15) is 5.10 Å². The molecule has 3 aromatic carbocycles. The Kier molecular flexibility index (Phi) is 5.97. The normalized spacial score (nSPS) is 13.6. The van der Waals surface area contributed by atoms with Crippen LogP contribution in [0.15, 0.2) is 84.9 Å². The molecule has 1 aliphatic heterocycles. The third-order valence-corrected chi connectivity index (χ3v) is 6.06. The molecule has 176 valence electrons. The van der Waals surface area contributed by atoms with Crippen LogP contribution in [0.3, 0.4) is 0 Å². The zero-order valence-electron chi connectivity index (χ0n) is 18.8. The predicted octanol–water partition coefficient (Wildman–Crippen LogP) is 4.55. The van der Waals surface area contributed by atoms with E-state index in [2.05, 4.69) is 10.00 Å². The molecule has 4 aromatic rings. The Balaban J connectivity index is 1.38. The van der Waals surface area contributed by atoms with Gasteiger partial charge in [0.1, 0.15) is 11.5 Å². The second-order valence-corrected chi connectivity index (χ2v) is 8.22. The molecule has 0 radical (unpaired) electrons. The first-order valence-corrected chi connectivity index (χ1v) is 11.2. The predicted molar refractivity (Wildman–Crippen MR) is 130 cm³/mol. The molecule has 8 nitrogen and oxygen atoms in total. The number of carbonyl (C=O) groups excluding carboxylic acids is 1. The highest BCUT2D eigenvalue weighted by Crippen LogP contribution is 2.25. The summed E-state index contributed by atoms with van der Waals surface area (Å²) in [5.74, 6) is -0.521. The average Bonchev–Trinajstić information content (AvgIpc) is 3.35. The van der Waals surface area contributed by atoms with Crippen molar-refractivity contribution in [3.05, 3.63) is 107 Å². The van der Waals surface area contributed by atoms with Crippen molar-refractivity contribution in [3.63, 3.8) is 0 Å².